The summed E-state index contributed by atoms with van der Waals surface area (Å²) in [5, 5.41) is 10.9. The van der Waals surface area contributed by atoms with E-state index >= 15 is 0 Å². The van der Waals surface area contributed by atoms with Gasteiger partial charge in [-0.15, -0.1) is 0 Å². The Balaban J connectivity index is 1.35. The molecule has 2 N–H and O–H groups in total. The average molecular weight is 325 g/mol. The van der Waals surface area contributed by atoms with E-state index in [1.807, 2.05) is 6.20 Å². The van der Waals surface area contributed by atoms with Gasteiger partial charge in [0.25, 0.3) is 0 Å². The van der Waals surface area contributed by atoms with Crippen LogP contribution in [0.25, 0.3) is 11.3 Å². The van der Waals surface area contributed by atoms with Crippen LogP contribution in [0.5, 0.6) is 0 Å². The van der Waals surface area contributed by atoms with Crippen molar-refractivity contribution < 1.29 is 0 Å². The third-order valence-electron chi connectivity index (χ3n) is 5.40. The van der Waals surface area contributed by atoms with Crippen LogP contribution in [-0.2, 0) is 6.54 Å². The number of benzene rings is 1. The molecular weight excluding hydrogens is 298 g/mol. The van der Waals surface area contributed by atoms with Crippen molar-refractivity contribution in [1.82, 2.24) is 25.3 Å². The molecule has 1 aromatic carbocycles. The van der Waals surface area contributed by atoms with E-state index in [2.05, 4.69) is 55.6 Å². The van der Waals surface area contributed by atoms with Crippen molar-refractivity contribution in [2.75, 3.05) is 39.3 Å². The zero-order valence-corrected chi connectivity index (χ0v) is 14.2. The van der Waals surface area contributed by atoms with Crippen molar-refractivity contribution >= 4 is 0 Å². The molecule has 0 amide bonds. The first-order chi connectivity index (χ1) is 11.9. The molecule has 0 atom stereocenters. The predicted molar refractivity (Wildman–Crippen MR) is 96.8 cm³/mol. The molecule has 128 valence electrons. The van der Waals surface area contributed by atoms with Gasteiger partial charge in [0.2, 0.25) is 0 Å². The van der Waals surface area contributed by atoms with E-state index < -0.39 is 0 Å². The Hall–Kier alpha value is -1.69. The van der Waals surface area contributed by atoms with E-state index in [9.17, 15) is 0 Å². The normalized spacial score (nSPS) is 21.2. The van der Waals surface area contributed by atoms with E-state index in [-0.39, 0.29) is 0 Å². The number of hydrogen-bond acceptors (Lipinski definition) is 4. The molecule has 2 fully saturated rings. The van der Waals surface area contributed by atoms with Gasteiger partial charge in [-0.1, -0.05) is 30.3 Å². The maximum Gasteiger partial charge on any atom is 0.0695 e. The summed E-state index contributed by atoms with van der Waals surface area (Å²) in [7, 11) is 0. The fourth-order valence-electron chi connectivity index (χ4n) is 4.02. The lowest BCUT2D eigenvalue weighted by Crippen LogP contribution is -2.51. The summed E-state index contributed by atoms with van der Waals surface area (Å²) in [6, 6.07) is 11.3. The van der Waals surface area contributed by atoms with Crippen LogP contribution in [0.15, 0.2) is 36.5 Å². The van der Waals surface area contributed by atoms with Gasteiger partial charge in [0, 0.05) is 44.3 Å². The number of aromatic nitrogens is 2. The summed E-state index contributed by atoms with van der Waals surface area (Å²) in [6.07, 6.45) is 4.57. The first kappa shape index (κ1) is 15.8. The highest BCUT2D eigenvalue weighted by Crippen LogP contribution is 2.24. The molecule has 2 saturated heterocycles. The van der Waals surface area contributed by atoms with E-state index in [1.165, 1.54) is 55.8 Å². The minimum absolute atomic E-state index is 0.779. The quantitative estimate of drug-likeness (QED) is 0.902. The van der Waals surface area contributed by atoms with Crippen LogP contribution in [0.1, 0.15) is 18.4 Å². The van der Waals surface area contributed by atoms with Crippen molar-refractivity contribution in [2.24, 2.45) is 0 Å². The largest absolute Gasteiger partial charge is 0.314 e. The van der Waals surface area contributed by atoms with Gasteiger partial charge in [-0.3, -0.25) is 14.9 Å². The van der Waals surface area contributed by atoms with Gasteiger partial charge in [0.15, 0.2) is 0 Å². The molecule has 5 heteroatoms. The molecule has 5 nitrogen and oxygen atoms in total. The predicted octanol–water partition coefficient (Wildman–Crippen LogP) is 1.95. The fourth-order valence-corrected chi connectivity index (χ4v) is 4.02. The SMILES string of the molecule is c1ccc(-c2[nH]ncc2CN2CCC(N3CCNCC3)CC2)cc1. The van der Waals surface area contributed by atoms with Crippen LogP contribution < -0.4 is 5.32 Å². The third-order valence-corrected chi connectivity index (χ3v) is 5.40. The van der Waals surface area contributed by atoms with Gasteiger partial charge in [0.05, 0.1) is 11.9 Å². The zero-order chi connectivity index (χ0) is 16.2. The monoisotopic (exact) mass is 325 g/mol. The Morgan fingerprint density at radius 2 is 1.75 bits per heavy atom. The standard InChI is InChI=1S/C19H27N5/c1-2-4-16(5-3-1)19-17(14-21-22-19)15-23-10-6-18(7-11-23)24-12-8-20-9-13-24/h1-5,14,18,20H,6-13,15H2,(H,21,22). The molecule has 3 heterocycles. The molecule has 0 bridgehead atoms. The Kier molecular flexibility index (Phi) is 4.92. The van der Waals surface area contributed by atoms with Gasteiger partial charge in [0.1, 0.15) is 0 Å². The smallest absolute Gasteiger partial charge is 0.0695 e. The summed E-state index contributed by atoms with van der Waals surface area (Å²) in [5.74, 6) is 0. The highest BCUT2D eigenvalue weighted by molar-refractivity contribution is 5.62. The molecule has 1 aromatic heterocycles. The third kappa shape index (κ3) is 3.53. The van der Waals surface area contributed by atoms with Crippen LogP contribution >= 0.6 is 0 Å². The van der Waals surface area contributed by atoms with Gasteiger partial charge in [-0.05, 0) is 31.5 Å². The van der Waals surface area contributed by atoms with Crippen LogP contribution in [-0.4, -0.2) is 65.3 Å². The lowest BCUT2D eigenvalue weighted by atomic mass is 10.0. The number of piperidine rings is 1. The van der Waals surface area contributed by atoms with Crippen LogP contribution in [0.3, 0.4) is 0 Å². The second kappa shape index (κ2) is 7.47. The topological polar surface area (TPSA) is 47.2 Å². The number of nitrogens with zero attached hydrogens (tertiary/aromatic N) is 3. The number of rotatable bonds is 4. The number of nitrogens with one attached hydrogen (secondary N) is 2. The van der Waals surface area contributed by atoms with E-state index in [0.717, 1.165) is 25.7 Å². The number of hydrogen-bond donors (Lipinski definition) is 2. The Morgan fingerprint density at radius 1 is 1.00 bits per heavy atom. The molecule has 4 rings (SSSR count). The molecule has 0 saturated carbocycles. The van der Waals surface area contributed by atoms with Gasteiger partial charge < -0.3 is 5.32 Å². The summed E-state index contributed by atoms with van der Waals surface area (Å²) >= 11 is 0. The van der Waals surface area contributed by atoms with Crippen molar-refractivity contribution in [2.45, 2.75) is 25.4 Å². The molecule has 0 spiro atoms. The number of piperazine rings is 1. The van der Waals surface area contributed by atoms with E-state index in [1.54, 1.807) is 0 Å². The second-order valence-electron chi connectivity index (χ2n) is 6.93. The maximum absolute atomic E-state index is 4.29. The maximum atomic E-state index is 4.29. The Bertz CT molecular complexity index is 624. The van der Waals surface area contributed by atoms with Crippen molar-refractivity contribution in [1.29, 1.82) is 0 Å². The molecule has 0 unspecified atom stereocenters. The molecule has 2 aliphatic rings. The first-order valence-corrected chi connectivity index (χ1v) is 9.15. The highest BCUT2D eigenvalue weighted by Gasteiger charge is 2.26. The van der Waals surface area contributed by atoms with E-state index in [4.69, 9.17) is 0 Å². The summed E-state index contributed by atoms with van der Waals surface area (Å²) in [5.41, 5.74) is 3.70. The molecule has 2 aromatic rings. The lowest BCUT2D eigenvalue weighted by Gasteiger charge is -2.40. The Labute approximate surface area is 144 Å². The lowest BCUT2D eigenvalue weighted by molar-refractivity contribution is 0.0948. The van der Waals surface area contributed by atoms with Crippen LogP contribution in [0, 0.1) is 0 Å². The fraction of sp³-hybridized carbons (Fsp3) is 0.526. The number of H-pyrrole nitrogens is 1. The minimum atomic E-state index is 0.779. The van der Waals surface area contributed by atoms with Crippen molar-refractivity contribution in [3.8, 4) is 11.3 Å². The first-order valence-electron chi connectivity index (χ1n) is 9.15. The van der Waals surface area contributed by atoms with Gasteiger partial charge in [-0.25, -0.2) is 0 Å². The van der Waals surface area contributed by atoms with Crippen LogP contribution in [0.4, 0.5) is 0 Å². The highest BCUT2D eigenvalue weighted by atomic mass is 15.2. The van der Waals surface area contributed by atoms with Crippen molar-refractivity contribution in [3.63, 3.8) is 0 Å². The van der Waals surface area contributed by atoms with Crippen molar-refractivity contribution in [3.05, 3.63) is 42.1 Å². The number of aromatic amines is 1. The molecular formula is C19H27N5. The number of likely N-dealkylation sites (tertiary alicyclic amines) is 1. The summed E-state index contributed by atoms with van der Waals surface area (Å²) in [6.45, 7) is 8.09. The Morgan fingerprint density at radius 3 is 2.50 bits per heavy atom. The molecule has 0 radical (unpaired) electrons. The zero-order valence-electron chi connectivity index (χ0n) is 14.2. The second-order valence-corrected chi connectivity index (χ2v) is 6.93. The summed E-state index contributed by atoms with van der Waals surface area (Å²) < 4.78 is 0. The molecule has 0 aliphatic carbocycles. The van der Waals surface area contributed by atoms with Crippen LogP contribution in [0.2, 0.25) is 0 Å². The van der Waals surface area contributed by atoms with Gasteiger partial charge in [-0.2, -0.15) is 5.10 Å². The van der Waals surface area contributed by atoms with E-state index in [0.29, 0.717) is 0 Å². The minimum Gasteiger partial charge on any atom is -0.314 e. The van der Waals surface area contributed by atoms with Gasteiger partial charge >= 0.3 is 0 Å². The molecule has 2 aliphatic heterocycles. The average Bonchev–Trinajstić information content (AvgIpc) is 3.12. The molecule has 24 heavy (non-hydrogen) atoms. The summed E-state index contributed by atoms with van der Waals surface area (Å²) in [4.78, 5) is 5.26.